The summed E-state index contributed by atoms with van der Waals surface area (Å²) in [5, 5.41) is 7.81. The number of benzene rings is 1. The van der Waals surface area contributed by atoms with Gasteiger partial charge >= 0.3 is 0 Å². The lowest BCUT2D eigenvalue weighted by Gasteiger charge is -2.27. The van der Waals surface area contributed by atoms with Crippen molar-refractivity contribution in [3.05, 3.63) is 29.6 Å². The Kier molecular flexibility index (Phi) is 4.59. The quantitative estimate of drug-likeness (QED) is 0.869. The Labute approximate surface area is 144 Å². The smallest absolute Gasteiger partial charge is 0.271 e. The molecule has 0 radical (unpaired) electrons. The highest BCUT2D eigenvalue weighted by Crippen LogP contribution is 2.23. The number of carbonyl (C=O) groups excluding carboxylic acids is 2. The number of anilines is 1. The monoisotopic (exact) mass is 367 g/mol. The van der Waals surface area contributed by atoms with Crippen LogP contribution in [-0.4, -0.2) is 48.5 Å². The highest BCUT2D eigenvalue weighted by molar-refractivity contribution is 7.91. The van der Waals surface area contributed by atoms with Crippen LogP contribution in [0.2, 0.25) is 0 Å². The Morgan fingerprint density at radius 2 is 2.12 bits per heavy atom. The van der Waals surface area contributed by atoms with Crippen molar-refractivity contribution in [1.82, 2.24) is 5.01 Å². The van der Waals surface area contributed by atoms with Crippen molar-refractivity contribution in [3.8, 4) is 0 Å². The first-order valence-corrected chi connectivity index (χ1v) is 9.75. The van der Waals surface area contributed by atoms with Crippen molar-refractivity contribution in [2.45, 2.75) is 32.2 Å². The molecule has 0 bridgehead atoms. The number of nitrogens with one attached hydrogen (secondary N) is 1. The molecule has 0 unspecified atom stereocenters. The molecule has 0 aromatic heterocycles. The van der Waals surface area contributed by atoms with Crippen LogP contribution in [-0.2, 0) is 19.4 Å². The summed E-state index contributed by atoms with van der Waals surface area (Å²) in [5.74, 6) is -1.41. The molecule has 0 aliphatic carbocycles. The van der Waals surface area contributed by atoms with Gasteiger partial charge in [-0.3, -0.25) is 9.59 Å². The van der Waals surface area contributed by atoms with Gasteiger partial charge in [0.25, 0.3) is 5.91 Å². The summed E-state index contributed by atoms with van der Waals surface area (Å²) in [5.41, 5.74) is 1.16. The van der Waals surface area contributed by atoms with E-state index in [0.29, 0.717) is 17.7 Å². The van der Waals surface area contributed by atoms with Crippen molar-refractivity contribution in [2.24, 2.45) is 5.10 Å². The maximum absolute atomic E-state index is 13.3. The van der Waals surface area contributed by atoms with E-state index in [2.05, 4.69) is 10.4 Å². The van der Waals surface area contributed by atoms with Crippen molar-refractivity contribution in [2.75, 3.05) is 16.8 Å². The van der Waals surface area contributed by atoms with E-state index in [1.165, 1.54) is 12.1 Å². The number of carbonyl (C=O) groups is 2. The van der Waals surface area contributed by atoms with Gasteiger partial charge in [0, 0.05) is 18.5 Å². The van der Waals surface area contributed by atoms with Gasteiger partial charge < -0.3 is 5.32 Å². The summed E-state index contributed by atoms with van der Waals surface area (Å²) in [4.78, 5) is 24.5. The largest absolute Gasteiger partial charge is 0.321 e. The maximum Gasteiger partial charge on any atom is 0.271 e. The molecule has 25 heavy (non-hydrogen) atoms. The number of rotatable bonds is 3. The number of aryl methyl sites for hydroxylation is 1. The van der Waals surface area contributed by atoms with Crippen LogP contribution in [0.5, 0.6) is 0 Å². The van der Waals surface area contributed by atoms with Crippen molar-refractivity contribution in [3.63, 3.8) is 0 Å². The molecule has 9 heteroatoms. The molecule has 1 saturated heterocycles. The summed E-state index contributed by atoms with van der Waals surface area (Å²) in [6.45, 7) is 1.73. The topological polar surface area (TPSA) is 95.9 Å². The summed E-state index contributed by atoms with van der Waals surface area (Å²) in [7, 11) is -3.17. The summed E-state index contributed by atoms with van der Waals surface area (Å²) in [6.07, 6.45) is 0.565. The second kappa shape index (κ2) is 6.55. The van der Waals surface area contributed by atoms with Crippen LogP contribution < -0.4 is 5.32 Å². The van der Waals surface area contributed by atoms with Crippen LogP contribution in [0.4, 0.5) is 10.1 Å². The SMILES string of the molecule is Cc1ccc(F)cc1NC(=O)C1=NN([C@@H]2CCS(=O)(=O)C2)C(=O)CC1. The van der Waals surface area contributed by atoms with E-state index < -0.39 is 27.6 Å². The van der Waals surface area contributed by atoms with Crippen molar-refractivity contribution >= 4 is 33.1 Å². The molecule has 2 amide bonds. The van der Waals surface area contributed by atoms with Crippen LogP contribution in [0.25, 0.3) is 0 Å². The van der Waals surface area contributed by atoms with Crippen LogP contribution in [0, 0.1) is 12.7 Å². The first kappa shape index (κ1) is 17.5. The molecule has 0 saturated carbocycles. The average Bonchev–Trinajstić information content (AvgIpc) is 2.91. The molecule has 2 aliphatic rings. The lowest BCUT2D eigenvalue weighted by molar-refractivity contribution is -0.133. The van der Waals surface area contributed by atoms with E-state index in [1.54, 1.807) is 13.0 Å². The molecule has 3 rings (SSSR count). The Morgan fingerprint density at radius 1 is 1.36 bits per heavy atom. The number of nitrogens with zero attached hydrogens (tertiary/aromatic N) is 2. The van der Waals surface area contributed by atoms with E-state index >= 15 is 0 Å². The first-order chi connectivity index (χ1) is 11.7. The lowest BCUT2D eigenvalue weighted by atomic mass is 10.1. The lowest BCUT2D eigenvalue weighted by Crippen LogP contribution is -2.42. The fraction of sp³-hybridized carbons (Fsp3) is 0.438. The second-order valence-corrected chi connectivity index (χ2v) is 8.48. The van der Waals surface area contributed by atoms with Gasteiger partial charge in [-0.2, -0.15) is 5.10 Å². The molecule has 1 fully saturated rings. The summed E-state index contributed by atoms with van der Waals surface area (Å²) >= 11 is 0. The normalized spacial score (nSPS) is 22.6. The van der Waals surface area contributed by atoms with Crippen LogP contribution in [0.3, 0.4) is 0 Å². The highest BCUT2D eigenvalue weighted by atomic mass is 32.2. The third-order valence-electron chi connectivity index (χ3n) is 4.32. The molecule has 2 aliphatic heterocycles. The zero-order valence-electron chi connectivity index (χ0n) is 13.7. The molecular weight excluding hydrogens is 349 g/mol. The van der Waals surface area contributed by atoms with Gasteiger partial charge in [-0.1, -0.05) is 6.07 Å². The van der Waals surface area contributed by atoms with E-state index in [4.69, 9.17) is 0 Å². The van der Waals surface area contributed by atoms with Gasteiger partial charge in [-0.05, 0) is 31.0 Å². The Hall–Kier alpha value is -2.29. The standard InChI is InChI=1S/C16H18FN3O4S/c1-10-2-3-11(17)8-14(10)18-16(22)13-4-5-15(21)20(19-13)12-6-7-25(23,24)9-12/h2-3,8,12H,4-7,9H2,1H3,(H,18,22)/t12-/m1/s1. The molecule has 7 nitrogen and oxygen atoms in total. The van der Waals surface area contributed by atoms with Crippen molar-refractivity contribution in [1.29, 1.82) is 0 Å². The Bertz CT molecular complexity index is 866. The van der Waals surface area contributed by atoms with E-state index in [1.807, 2.05) is 0 Å². The third kappa shape index (κ3) is 3.87. The number of hydrogen-bond acceptors (Lipinski definition) is 5. The second-order valence-electron chi connectivity index (χ2n) is 6.26. The minimum atomic E-state index is -3.17. The molecule has 1 atom stereocenters. The minimum absolute atomic E-state index is 0.0149. The predicted molar refractivity (Wildman–Crippen MR) is 90.3 cm³/mol. The zero-order valence-corrected chi connectivity index (χ0v) is 14.5. The van der Waals surface area contributed by atoms with Gasteiger partial charge in [-0.15, -0.1) is 0 Å². The van der Waals surface area contributed by atoms with Gasteiger partial charge in [0.15, 0.2) is 9.84 Å². The van der Waals surface area contributed by atoms with E-state index in [0.717, 1.165) is 5.01 Å². The molecule has 1 aromatic carbocycles. The van der Waals surface area contributed by atoms with Gasteiger partial charge in [0.2, 0.25) is 5.91 Å². The van der Waals surface area contributed by atoms with E-state index in [-0.39, 0.29) is 36.0 Å². The van der Waals surface area contributed by atoms with E-state index in [9.17, 15) is 22.4 Å². The molecule has 2 heterocycles. The maximum atomic E-state index is 13.3. The fourth-order valence-corrected chi connectivity index (χ4v) is 4.60. The van der Waals surface area contributed by atoms with Crippen LogP contribution in [0.1, 0.15) is 24.8 Å². The molecular formula is C16H18FN3O4S. The third-order valence-corrected chi connectivity index (χ3v) is 6.07. The van der Waals surface area contributed by atoms with Crippen molar-refractivity contribution < 1.29 is 22.4 Å². The number of hydrazone groups is 1. The number of halogens is 1. The van der Waals surface area contributed by atoms with Crippen LogP contribution in [0.15, 0.2) is 23.3 Å². The Balaban J connectivity index is 1.79. The predicted octanol–water partition coefficient (Wildman–Crippen LogP) is 1.24. The minimum Gasteiger partial charge on any atom is -0.321 e. The highest BCUT2D eigenvalue weighted by Gasteiger charge is 2.37. The van der Waals surface area contributed by atoms with Gasteiger partial charge in [0.05, 0.1) is 17.5 Å². The number of hydrogen-bond donors (Lipinski definition) is 1. The average molecular weight is 367 g/mol. The summed E-state index contributed by atoms with van der Waals surface area (Å²) < 4.78 is 36.6. The fourth-order valence-electron chi connectivity index (χ4n) is 2.91. The summed E-state index contributed by atoms with van der Waals surface area (Å²) in [6, 6.07) is 3.52. The first-order valence-electron chi connectivity index (χ1n) is 7.92. The van der Waals surface area contributed by atoms with Crippen LogP contribution >= 0.6 is 0 Å². The van der Waals surface area contributed by atoms with Gasteiger partial charge in [-0.25, -0.2) is 17.8 Å². The van der Waals surface area contributed by atoms with Gasteiger partial charge in [0.1, 0.15) is 11.5 Å². The Morgan fingerprint density at radius 3 is 2.80 bits per heavy atom. The number of sulfone groups is 1. The molecule has 134 valence electrons. The molecule has 1 N–H and O–H groups in total. The number of amides is 2. The zero-order chi connectivity index (χ0) is 18.2. The molecule has 0 spiro atoms. The molecule has 1 aromatic rings.